The molecule has 2 aromatic rings. The van der Waals surface area contributed by atoms with Gasteiger partial charge in [0.15, 0.2) is 5.69 Å². The second-order valence-electron chi connectivity index (χ2n) is 3.02. The standard InChI is InChI=1S/C9H5BrF3N3/c10-6-1-3-7(4-2-6)16-5-8(14-15-16)9(11,12)13/h1-5H. The Hall–Kier alpha value is -1.37. The van der Waals surface area contributed by atoms with Gasteiger partial charge in [-0.25, -0.2) is 4.68 Å². The van der Waals surface area contributed by atoms with Gasteiger partial charge in [-0.15, -0.1) is 5.10 Å². The van der Waals surface area contributed by atoms with Crippen molar-refractivity contribution in [1.29, 1.82) is 0 Å². The maximum atomic E-state index is 12.3. The molecule has 2 rings (SSSR count). The predicted octanol–water partition coefficient (Wildman–Crippen LogP) is 3.05. The van der Waals surface area contributed by atoms with Crippen molar-refractivity contribution in [1.82, 2.24) is 15.0 Å². The molecule has 0 amide bonds. The van der Waals surface area contributed by atoms with E-state index in [2.05, 4.69) is 26.2 Å². The van der Waals surface area contributed by atoms with E-state index in [1.54, 1.807) is 24.3 Å². The molecule has 0 unspecified atom stereocenters. The fourth-order valence-electron chi connectivity index (χ4n) is 1.11. The van der Waals surface area contributed by atoms with Gasteiger partial charge in [0.25, 0.3) is 0 Å². The molecule has 7 heteroatoms. The van der Waals surface area contributed by atoms with E-state index in [1.165, 1.54) is 0 Å². The van der Waals surface area contributed by atoms with Gasteiger partial charge in [-0.1, -0.05) is 21.1 Å². The number of rotatable bonds is 1. The van der Waals surface area contributed by atoms with Crippen LogP contribution in [-0.2, 0) is 6.18 Å². The minimum Gasteiger partial charge on any atom is -0.220 e. The summed E-state index contributed by atoms with van der Waals surface area (Å²) in [5, 5.41) is 6.48. The summed E-state index contributed by atoms with van der Waals surface area (Å²) in [6, 6.07) is 6.70. The van der Waals surface area contributed by atoms with Gasteiger partial charge in [0.2, 0.25) is 0 Å². The van der Waals surface area contributed by atoms with Crippen LogP contribution < -0.4 is 0 Å². The van der Waals surface area contributed by atoms with Crippen molar-refractivity contribution >= 4 is 15.9 Å². The Morgan fingerprint density at radius 3 is 2.25 bits per heavy atom. The number of benzene rings is 1. The lowest BCUT2D eigenvalue weighted by atomic mass is 10.3. The Balaban J connectivity index is 2.35. The van der Waals surface area contributed by atoms with Crippen LogP contribution in [0.25, 0.3) is 5.69 Å². The largest absolute Gasteiger partial charge is 0.436 e. The lowest BCUT2D eigenvalue weighted by molar-refractivity contribution is -0.141. The Labute approximate surface area is 97.0 Å². The molecule has 0 fully saturated rings. The van der Waals surface area contributed by atoms with Crippen LogP contribution in [0.3, 0.4) is 0 Å². The van der Waals surface area contributed by atoms with Gasteiger partial charge in [0.05, 0.1) is 11.9 Å². The fraction of sp³-hybridized carbons (Fsp3) is 0.111. The second-order valence-corrected chi connectivity index (χ2v) is 3.94. The van der Waals surface area contributed by atoms with Crippen LogP contribution in [0.1, 0.15) is 5.69 Å². The number of nitrogens with zero attached hydrogens (tertiary/aromatic N) is 3. The Kier molecular flexibility index (Phi) is 2.71. The van der Waals surface area contributed by atoms with E-state index in [0.717, 1.165) is 15.4 Å². The highest BCUT2D eigenvalue weighted by molar-refractivity contribution is 9.10. The number of aromatic nitrogens is 3. The summed E-state index contributed by atoms with van der Waals surface area (Å²) in [6.07, 6.45) is -3.61. The topological polar surface area (TPSA) is 30.7 Å². The first-order chi connectivity index (χ1) is 7.47. The summed E-state index contributed by atoms with van der Waals surface area (Å²) >= 11 is 3.23. The summed E-state index contributed by atoms with van der Waals surface area (Å²) in [5.74, 6) is 0. The summed E-state index contributed by atoms with van der Waals surface area (Å²) < 4.78 is 38.7. The zero-order valence-corrected chi connectivity index (χ0v) is 9.33. The van der Waals surface area contributed by atoms with Crippen LogP contribution in [0.2, 0.25) is 0 Å². The van der Waals surface area contributed by atoms with Crippen LogP contribution in [0.4, 0.5) is 13.2 Å². The molecule has 84 valence electrons. The smallest absolute Gasteiger partial charge is 0.220 e. The van der Waals surface area contributed by atoms with E-state index >= 15 is 0 Å². The van der Waals surface area contributed by atoms with E-state index < -0.39 is 11.9 Å². The molecule has 0 bridgehead atoms. The van der Waals surface area contributed by atoms with Gasteiger partial charge in [-0.05, 0) is 24.3 Å². The summed E-state index contributed by atoms with van der Waals surface area (Å²) in [6.45, 7) is 0. The van der Waals surface area contributed by atoms with Crippen molar-refractivity contribution in [3.05, 3.63) is 40.6 Å². The molecule has 0 spiro atoms. The Bertz CT molecular complexity index is 489. The average Bonchev–Trinajstić information content (AvgIpc) is 2.67. The molecule has 0 N–H and O–H groups in total. The highest BCUT2D eigenvalue weighted by atomic mass is 79.9. The van der Waals surface area contributed by atoms with Crippen LogP contribution in [-0.4, -0.2) is 15.0 Å². The summed E-state index contributed by atoms with van der Waals surface area (Å²) in [5.41, 5.74) is -0.485. The van der Waals surface area contributed by atoms with Crippen LogP contribution in [0.5, 0.6) is 0 Å². The summed E-state index contributed by atoms with van der Waals surface area (Å²) in [4.78, 5) is 0. The second kappa shape index (κ2) is 3.89. The van der Waals surface area contributed by atoms with E-state index in [1.807, 2.05) is 0 Å². The first-order valence-electron chi connectivity index (χ1n) is 4.22. The zero-order valence-electron chi connectivity index (χ0n) is 7.74. The van der Waals surface area contributed by atoms with Crippen LogP contribution in [0, 0.1) is 0 Å². The minimum absolute atomic E-state index is 0.520. The molecule has 0 aliphatic carbocycles. The first kappa shape index (κ1) is 11.1. The molecule has 0 radical (unpaired) electrons. The maximum Gasteiger partial charge on any atom is 0.436 e. The van der Waals surface area contributed by atoms with E-state index in [-0.39, 0.29) is 0 Å². The van der Waals surface area contributed by atoms with Gasteiger partial charge in [0.1, 0.15) is 0 Å². The lowest BCUT2D eigenvalue weighted by Crippen LogP contribution is -2.04. The highest BCUT2D eigenvalue weighted by Gasteiger charge is 2.34. The van der Waals surface area contributed by atoms with Gasteiger partial charge in [0, 0.05) is 4.47 Å². The van der Waals surface area contributed by atoms with Crippen molar-refractivity contribution in [2.45, 2.75) is 6.18 Å². The Morgan fingerprint density at radius 1 is 1.12 bits per heavy atom. The molecule has 1 heterocycles. The predicted molar refractivity (Wildman–Crippen MR) is 54.1 cm³/mol. The third-order valence-electron chi connectivity index (χ3n) is 1.87. The number of hydrogen-bond donors (Lipinski definition) is 0. The number of halogens is 4. The molecule has 3 nitrogen and oxygen atoms in total. The monoisotopic (exact) mass is 291 g/mol. The van der Waals surface area contributed by atoms with E-state index in [9.17, 15) is 13.2 Å². The molecular formula is C9H5BrF3N3. The highest BCUT2D eigenvalue weighted by Crippen LogP contribution is 2.27. The van der Waals surface area contributed by atoms with Gasteiger partial charge < -0.3 is 0 Å². The molecule has 0 aliphatic rings. The summed E-state index contributed by atoms with van der Waals surface area (Å²) in [7, 11) is 0. The first-order valence-corrected chi connectivity index (χ1v) is 5.01. The third kappa shape index (κ3) is 2.24. The molecular weight excluding hydrogens is 287 g/mol. The molecule has 0 saturated carbocycles. The normalized spacial score (nSPS) is 11.8. The number of hydrogen-bond acceptors (Lipinski definition) is 2. The van der Waals surface area contributed by atoms with Crippen molar-refractivity contribution in [2.75, 3.05) is 0 Å². The molecule has 0 saturated heterocycles. The van der Waals surface area contributed by atoms with Crippen molar-refractivity contribution < 1.29 is 13.2 Å². The van der Waals surface area contributed by atoms with Crippen LogP contribution >= 0.6 is 15.9 Å². The quantitative estimate of drug-likeness (QED) is 0.808. The molecule has 0 atom stereocenters. The van der Waals surface area contributed by atoms with Crippen molar-refractivity contribution in [3.8, 4) is 5.69 Å². The van der Waals surface area contributed by atoms with Gasteiger partial charge >= 0.3 is 6.18 Å². The average molecular weight is 292 g/mol. The lowest BCUT2D eigenvalue weighted by Gasteiger charge is -2.00. The SMILES string of the molecule is FC(F)(F)c1cn(-c2ccc(Br)cc2)nn1. The molecule has 16 heavy (non-hydrogen) atoms. The fourth-order valence-corrected chi connectivity index (χ4v) is 1.38. The molecule has 0 aliphatic heterocycles. The van der Waals surface area contributed by atoms with Crippen molar-refractivity contribution in [2.24, 2.45) is 0 Å². The number of alkyl halides is 3. The Morgan fingerprint density at radius 2 is 1.75 bits per heavy atom. The minimum atomic E-state index is -4.46. The van der Waals surface area contributed by atoms with E-state index in [0.29, 0.717) is 5.69 Å². The maximum absolute atomic E-state index is 12.3. The molecule has 1 aromatic carbocycles. The third-order valence-corrected chi connectivity index (χ3v) is 2.40. The zero-order chi connectivity index (χ0) is 11.8. The molecule has 1 aromatic heterocycles. The van der Waals surface area contributed by atoms with Crippen molar-refractivity contribution in [3.63, 3.8) is 0 Å². The van der Waals surface area contributed by atoms with Gasteiger partial charge in [-0.3, -0.25) is 0 Å². The van der Waals surface area contributed by atoms with Gasteiger partial charge in [-0.2, -0.15) is 13.2 Å². The van der Waals surface area contributed by atoms with Crippen LogP contribution in [0.15, 0.2) is 34.9 Å². The van der Waals surface area contributed by atoms with E-state index in [4.69, 9.17) is 0 Å².